The highest BCUT2D eigenvalue weighted by Gasteiger charge is 2.19. The first kappa shape index (κ1) is 23.0. The van der Waals surface area contributed by atoms with E-state index >= 15 is 0 Å². The second-order valence-electron chi connectivity index (χ2n) is 8.04. The van der Waals surface area contributed by atoms with Crippen molar-refractivity contribution in [2.45, 2.75) is 20.4 Å². The third-order valence-electron chi connectivity index (χ3n) is 5.45. The van der Waals surface area contributed by atoms with Crippen molar-refractivity contribution in [3.05, 3.63) is 89.2 Å². The lowest BCUT2D eigenvalue weighted by Gasteiger charge is -2.13. The number of para-hydroxylation sites is 1. The molecule has 1 aromatic heterocycles. The Kier molecular flexibility index (Phi) is 6.63. The van der Waals surface area contributed by atoms with Crippen molar-refractivity contribution >= 4 is 5.97 Å². The predicted molar refractivity (Wildman–Crippen MR) is 128 cm³/mol. The molecule has 0 spiro atoms. The van der Waals surface area contributed by atoms with Crippen molar-refractivity contribution in [1.29, 1.82) is 0 Å². The number of methoxy groups -OCH3 is 1. The molecule has 0 amide bonds. The Hall–Kier alpha value is -4.13. The lowest BCUT2D eigenvalue weighted by Crippen LogP contribution is -2.11. The third-order valence-corrected chi connectivity index (χ3v) is 5.45. The number of carboxylic acid groups (broad SMARTS) is 1. The minimum absolute atomic E-state index is 0.346. The molecule has 1 heterocycles. The number of nitrogens with zero attached hydrogens (tertiary/aromatic N) is 2. The van der Waals surface area contributed by atoms with E-state index < -0.39 is 12.6 Å². The number of carboxylic acids is 1. The van der Waals surface area contributed by atoms with Crippen molar-refractivity contribution in [3.8, 4) is 34.0 Å². The molecule has 0 saturated heterocycles. The summed E-state index contributed by atoms with van der Waals surface area (Å²) in [5.41, 5.74) is 5.37. The first-order valence-electron chi connectivity index (χ1n) is 10.8. The van der Waals surface area contributed by atoms with Crippen LogP contribution in [0, 0.1) is 19.7 Å². The molecule has 0 saturated carbocycles. The van der Waals surface area contributed by atoms with E-state index in [1.165, 1.54) is 12.1 Å². The number of hydrogen-bond donors (Lipinski definition) is 1. The van der Waals surface area contributed by atoms with Gasteiger partial charge in [-0.2, -0.15) is 5.10 Å². The second kappa shape index (κ2) is 9.79. The van der Waals surface area contributed by atoms with Gasteiger partial charge in [0.2, 0.25) is 0 Å². The summed E-state index contributed by atoms with van der Waals surface area (Å²) in [6.07, 6.45) is 0. The molecule has 174 valence electrons. The smallest absolute Gasteiger partial charge is 0.341 e. The summed E-state index contributed by atoms with van der Waals surface area (Å²) in [6, 6.07) is 19.7. The van der Waals surface area contributed by atoms with E-state index in [0.29, 0.717) is 34.8 Å². The molecule has 3 aromatic carbocycles. The average Bonchev–Trinajstić information content (AvgIpc) is 3.22. The standard InChI is InChI=1S/C27H25FN2O4/c1-17-11-18(2)27(34-16-26(31)32)22(12-17)23-14-24(19-8-6-9-21(28)13-19)30(29-23)15-20-7-4-5-10-25(20)33-3/h4-14H,15-16H2,1-3H3,(H,31,32). The molecule has 0 radical (unpaired) electrons. The highest BCUT2D eigenvalue weighted by molar-refractivity contribution is 5.76. The van der Waals surface area contributed by atoms with E-state index in [1.807, 2.05) is 62.4 Å². The fourth-order valence-corrected chi connectivity index (χ4v) is 4.01. The molecule has 0 aliphatic carbocycles. The SMILES string of the molecule is COc1ccccc1Cn1nc(-c2cc(C)cc(C)c2OCC(=O)O)cc1-c1cccc(F)c1. The zero-order valence-corrected chi connectivity index (χ0v) is 19.2. The van der Waals surface area contributed by atoms with Gasteiger partial charge in [0.05, 0.1) is 25.0 Å². The Morgan fingerprint density at radius 1 is 1.06 bits per heavy atom. The fraction of sp³-hybridized carbons (Fsp3) is 0.185. The minimum atomic E-state index is -1.06. The van der Waals surface area contributed by atoms with Gasteiger partial charge in [-0.25, -0.2) is 9.18 Å². The van der Waals surface area contributed by atoms with Crippen LogP contribution in [0.25, 0.3) is 22.5 Å². The van der Waals surface area contributed by atoms with E-state index in [1.54, 1.807) is 17.9 Å². The Bertz CT molecular complexity index is 1350. The van der Waals surface area contributed by atoms with E-state index in [9.17, 15) is 9.18 Å². The maximum atomic E-state index is 14.1. The molecule has 7 heteroatoms. The van der Waals surface area contributed by atoms with Crippen molar-refractivity contribution in [3.63, 3.8) is 0 Å². The number of hydrogen-bond acceptors (Lipinski definition) is 4. The summed E-state index contributed by atoms with van der Waals surface area (Å²) >= 11 is 0. The molecular weight excluding hydrogens is 435 g/mol. The van der Waals surface area contributed by atoms with Crippen LogP contribution in [0.4, 0.5) is 4.39 Å². The predicted octanol–water partition coefficient (Wildman–Crippen LogP) is 5.49. The number of ether oxygens (including phenoxy) is 2. The molecule has 0 aliphatic heterocycles. The van der Waals surface area contributed by atoms with Gasteiger partial charge in [0.25, 0.3) is 0 Å². The van der Waals surface area contributed by atoms with Crippen molar-refractivity contribution in [2.24, 2.45) is 0 Å². The maximum absolute atomic E-state index is 14.1. The summed E-state index contributed by atoms with van der Waals surface area (Å²) in [5, 5.41) is 14.0. The molecule has 0 fully saturated rings. The van der Waals surface area contributed by atoms with Gasteiger partial charge in [-0.1, -0.05) is 36.4 Å². The number of halogens is 1. The van der Waals surface area contributed by atoms with Crippen molar-refractivity contribution in [2.75, 3.05) is 13.7 Å². The Labute approximate surface area is 197 Å². The third kappa shape index (κ3) is 4.93. The number of aryl methyl sites for hydroxylation is 2. The van der Waals surface area contributed by atoms with Gasteiger partial charge in [-0.15, -0.1) is 0 Å². The van der Waals surface area contributed by atoms with Gasteiger partial charge in [0.1, 0.15) is 17.3 Å². The molecule has 1 N–H and O–H groups in total. The summed E-state index contributed by atoms with van der Waals surface area (Å²) in [4.78, 5) is 11.1. The Morgan fingerprint density at radius 3 is 2.59 bits per heavy atom. The van der Waals surface area contributed by atoms with Crippen LogP contribution in [0.3, 0.4) is 0 Å². The average molecular weight is 461 g/mol. The van der Waals surface area contributed by atoms with Crippen LogP contribution in [0.15, 0.2) is 66.7 Å². The number of carbonyl (C=O) groups is 1. The van der Waals surface area contributed by atoms with Crippen LogP contribution in [0.5, 0.6) is 11.5 Å². The molecule has 0 aliphatic rings. The normalized spacial score (nSPS) is 10.8. The number of aromatic nitrogens is 2. The fourth-order valence-electron chi connectivity index (χ4n) is 4.01. The van der Waals surface area contributed by atoms with Gasteiger partial charge in [0, 0.05) is 16.7 Å². The molecular formula is C27H25FN2O4. The monoisotopic (exact) mass is 460 g/mol. The van der Waals surface area contributed by atoms with Gasteiger partial charge in [-0.3, -0.25) is 4.68 Å². The van der Waals surface area contributed by atoms with Crippen molar-refractivity contribution in [1.82, 2.24) is 9.78 Å². The first-order valence-corrected chi connectivity index (χ1v) is 10.8. The van der Waals surface area contributed by atoms with E-state index in [0.717, 1.165) is 22.4 Å². The molecule has 34 heavy (non-hydrogen) atoms. The topological polar surface area (TPSA) is 73.6 Å². The lowest BCUT2D eigenvalue weighted by molar-refractivity contribution is -0.139. The lowest BCUT2D eigenvalue weighted by atomic mass is 10.0. The quantitative estimate of drug-likeness (QED) is 0.376. The Morgan fingerprint density at radius 2 is 1.85 bits per heavy atom. The number of aliphatic carboxylic acids is 1. The van der Waals surface area contributed by atoms with Gasteiger partial charge < -0.3 is 14.6 Å². The van der Waals surface area contributed by atoms with E-state index in [-0.39, 0.29) is 5.82 Å². The molecule has 4 aromatic rings. The summed E-state index contributed by atoms with van der Waals surface area (Å²) in [6.45, 7) is 3.76. The van der Waals surface area contributed by atoms with Gasteiger partial charge in [-0.05, 0) is 55.3 Å². The molecule has 0 atom stereocenters. The highest BCUT2D eigenvalue weighted by Crippen LogP contribution is 2.36. The van der Waals surface area contributed by atoms with Crippen LogP contribution >= 0.6 is 0 Å². The zero-order chi connectivity index (χ0) is 24.2. The maximum Gasteiger partial charge on any atom is 0.341 e. The summed E-state index contributed by atoms with van der Waals surface area (Å²) in [5.74, 6) is -0.226. The summed E-state index contributed by atoms with van der Waals surface area (Å²) < 4.78 is 27.0. The van der Waals surface area contributed by atoms with Crippen LogP contribution in [0.1, 0.15) is 16.7 Å². The summed E-state index contributed by atoms with van der Waals surface area (Å²) in [7, 11) is 1.61. The molecule has 0 unspecified atom stereocenters. The van der Waals surface area contributed by atoms with Crippen LogP contribution < -0.4 is 9.47 Å². The minimum Gasteiger partial charge on any atom is -0.496 e. The second-order valence-corrected chi connectivity index (χ2v) is 8.04. The number of benzene rings is 3. The largest absolute Gasteiger partial charge is 0.496 e. The van der Waals surface area contributed by atoms with Gasteiger partial charge >= 0.3 is 5.97 Å². The molecule has 6 nitrogen and oxygen atoms in total. The van der Waals surface area contributed by atoms with Crippen molar-refractivity contribution < 1.29 is 23.8 Å². The zero-order valence-electron chi connectivity index (χ0n) is 19.2. The van der Waals surface area contributed by atoms with E-state index in [4.69, 9.17) is 19.7 Å². The van der Waals surface area contributed by atoms with E-state index in [2.05, 4.69) is 0 Å². The molecule has 4 rings (SSSR count). The Balaban J connectivity index is 1.87. The molecule has 0 bridgehead atoms. The first-order chi connectivity index (χ1) is 16.4. The van der Waals surface area contributed by atoms with Crippen LogP contribution in [0.2, 0.25) is 0 Å². The van der Waals surface area contributed by atoms with Gasteiger partial charge in [0.15, 0.2) is 6.61 Å². The van der Waals surface area contributed by atoms with Crippen LogP contribution in [-0.4, -0.2) is 34.6 Å². The number of rotatable bonds is 8. The highest BCUT2D eigenvalue weighted by atomic mass is 19.1. The van der Waals surface area contributed by atoms with Crippen LogP contribution in [-0.2, 0) is 11.3 Å².